The number of halogens is 3. The summed E-state index contributed by atoms with van der Waals surface area (Å²) >= 11 is 0. The SMILES string of the molecule is [2H]C([2H])([2H])N1C(=O)[C@H](C)N(C)c2nc(N[C@H]3C[C@H](Oc4cc(F)c(F)c(F)c4)C3)nc(C)c21. The average molecular weight is 424 g/mol. The predicted molar refractivity (Wildman–Crippen MR) is 105 cm³/mol. The minimum atomic E-state index is -2.68. The predicted octanol–water partition coefficient (Wildman–Crippen LogP) is 3.03. The number of rotatable bonds is 4. The lowest BCUT2D eigenvalue weighted by Gasteiger charge is -2.38. The van der Waals surface area contributed by atoms with Crippen molar-refractivity contribution in [3.8, 4) is 5.75 Å². The molecule has 0 spiro atoms. The Balaban J connectivity index is 1.48. The lowest BCUT2D eigenvalue weighted by molar-refractivity contribution is -0.119. The molecular formula is C20H22F3N5O2. The van der Waals surface area contributed by atoms with Gasteiger partial charge in [-0.05, 0) is 13.8 Å². The van der Waals surface area contributed by atoms with Crippen LogP contribution in [-0.4, -0.2) is 48.1 Å². The van der Waals surface area contributed by atoms with Crippen LogP contribution in [0.15, 0.2) is 12.1 Å². The number of aromatic nitrogens is 2. The van der Waals surface area contributed by atoms with Gasteiger partial charge in [-0.1, -0.05) is 0 Å². The summed E-state index contributed by atoms with van der Waals surface area (Å²) in [7, 11) is 1.66. The molecule has 10 heteroatoms. The Kier molecular flexibility index (Phi) is 4.09. The van der Waals surface area contributed by atoms with Gasteiger partial charge in [0.1, 0.15) is 23.6 Å². The molecule has 0 radical (unpaired) electrons. The second kappa shape index (κ2) is 7.33. The molecule has 1 N–H and O–H groups in total. The van der Waals surface area contributed by atoms with E-state index in [0.29, 0.717) is 24.4 Å². The zero-order chi connectivity index (χ0) is 24.2. The van der Waals surface area contributed by atoms with Crippen molar-refractivity contribution >= 4 is 23.4 Å². The Morgan fingerprint density at radius 2 is 1.90 bits per heavy atom. The highest BCUT2D eigenvalue weighted by atomic mass is 19.2. The van der Waals surface area contributed by atoms with Crippen LogP contribution in [0, 0.1) is 24.4 Å². The van der Waals surface area contributed by atoms with E-state index in [4.69, 9.17) is 8.85 Å². The van der Waals surface area contributed by atoms with Gasteiger partial charge in [0.05, 0.1) is 5.69 Å². The van der Waals surface area contributed by atoms with Crippen molar-refractivity contribution in [3.63, 3.8) is 0 Å². The monoisotopic (exact) mass is 424 g/mol. The number of likely N-dealkylation sites (N-methyl/N-ethyl adjacent to an activating group) is 2. The number of hydrogen-bond acceptors (Lipinski definition) is 6. The van der Waals surface area contributed by atoms with Gasteiger partial charge in [0, 0.05) is 49.2 Å². The third-order valence-electron chi connectivity index (χ3n) is 5.44. The van der Waals surface area contributed by atoms with Crippen molar-refractivity contribution in [2.24, 2.45) is 0 Å². The van der Waals surface area contributed by atoms with E-state index >= 15 is 0 Å². The van der Waals surface area contributed by atoms with Crippen LogP contribution in [0.5, 0.6) is 5.75 Å². The summed E-state index contributed by atoms with van der Waals surface area (Å²) in [6.45, 7) is 0.525. The largest absolute Gasteiger partial charge is 0.490 e. The van der Waals surface area contributed by atoms with Crippen molar-refractivity contribution in [2.45, 2.75) is 44.9 Å². The van der Waals surface area contributed by atoms with Crippen molar-refractivity contribution in [2.75, 3.05) is 29.1 Å². The fourth-order valence-electron chi connectivity index (χ4n) is 3.53. The summed E-state index contributed by atoms with van der Waals surface area (Å²) in [4.78, 5) is 23.8. The highest BCUT2D eigenvalue weighted by molar-refractivity contribution is 6.04. The maximum atomic E-state index is 13.3. The fraction of sp³-hybridized carbons (Fsp3) is 0.450. The Morgan fingerprint density at radius 1 is 1.23 bits per heavy atom. The Bertz CT molecular complexity index is 1090. The van der Waals surface area contributed by atoms with Crippen molar-refractivity contribution in [1.82, 2.24) is 9.97 Å². The molecule has 4 rings (SSSR count). The second-order valence-corrected chi connectivity index (χ2v) is 7.52. The van der Waals surface area contributed by atoms with E-state index in [1.54, 1.807) is 25.8 Å². The number of fused-ring (bicyclic) bond motifs is 1. The molecule has 0 saturated heterocycles. The van der Waals surface area contributed by atoms with Crippen LogP contribution in [0.3, 0.4) is 0 Å². The van der Waals surface area contributed by atoms with Crippen LogP contribution >= 0.6 is 0 Å². The molecule has 1 atom stereocenters. The number of amides is 1. The van der Waals surface area contributed by atoms with Gasteiger partial charge in [-0.25, -0.2) is 18.2 Å². The Hall–Kier alpha value is -3.04. The summed E-state index contributed by atoms with van der Waals surface area (Å²) in [5, 5.41) is 3.14. The molecule has 2 heterocycles. The molecule has 1 aromatic heterocycles. The van der Waals surface area contributed by atoms with E-state index in [0.717, 1.165) is 17.0 Å². The fourth-order valence-corrected chi connectivity index (χ4v) is 3.53. The van der Waals surface area contributed by atoms with Gasteiger partial charge in [0.25, 0.3) is 0 Å². The molecule has 1 amide bonds. The van der Waals surface area contributed by atoms with E-state index in [1.807, 2.05) is 0 Å². The molecule has 1 aliphatic carbocycles. The first-order valence-corrected chi connectivity index (χ1v) is 9.40. The summed E-state index contributed by atoms with van der Waals surface area (Å²) in [5.74, 6) is -4.27. The summed E-state index contributed by atoms with van der Waals surface area (Å²) in [6, 6.07) is 0.765. The molecule has 2 aromatic rings. The Morgan fingerprint density at radius 3 is 2.53 bits per heavy atom. The number of nitrogens with zero attached hydrogens (tertiary/aromatic N) is 4. The normalized spacial score (nSPS) is 25.1. The second-order valence-electron chi connectivity index (χ2n) is 7.52. The van der Waals surface area contributed by atoms with Crippen molar-refractivity contribution in [3.05, 3.63) is 35.3 Å². The standard InChI is InChI=1S/C20H22F3N5O2/c1-9-17-18(27(3)10(2)19(29)28(17)4)26-20(24-9)25-11-5-12(6-11)30-13-7-14(21)16(23)15(22)8-13/h7-8,10-12H,5-6H2,1-4H3,(H,24,25,26)/t10-,11-,12-/m0/s1/i4D3. The zero-order valence-electron chi connectivity index (χ0n) is 19.5. The molecule has 1 saturated carbocycles. The molecule has 160 valence electrons. The first-order chi connectivity index (χ1) is 15.4. The topological polar surface area (TPSA) is 70.6 Å². The van der Waals surface area contributed by atoms with Gasteiger partial charge in [0.15, 0.2) is 23.3 Å². The number of anilines is 3. The maximum absolute atomic E-state index is 13.3. The molecule has 1 aromatic carbocycles. The lowest BCUT2D eigenvalue weighted by Crippen LogP contribution is -2.50. The molecule has 1 aliphatic heterocycles. The quantitative estimate of drug-likeness (QED) is 0.761. The van der Waals surface area contributed by atoms with E-state index in [9.17, 15) is 18.0 Å². The van der Waals surface area contributed by atoms with Gasteiger partial charge in [-0.2, -0.15) is 4.98 Å². The molecule has 0 unspecified atom stereocenters. The number of carbonyl (C=O) groups is 1. The van der Waals surface area contributed by atoms with E-state index < -0.39 is 36.4 Å². The molecule has 0 bridgehead atoms. The third-order valence-corrected chi connectivity index (χ3v) is 5.44. The molecule has 1 fully saturated rings. The van der Waals surface area contributed by atoms with Crippen LogP contribution in [0.1, 0.15) is 29.6 Å². The first-order valence-electron chi connectivity index (χ1n) is 10.9. The minimum absolute atomic E-state index is 0.0965. The zero-order valence-corrected chi connectivity index (χ0v) is 16.5. The van der Waals surface area contributed by atoms with Gasteiger partial charge < -0.3 is 19.9 Å². The summed E-state index contributed by atoms with van der Waals surface area (Å²) in [6.07, 6.45) is 0.621. The van der Waals surface area contributed by atoms with Gasteiger partial charge in [-0.3, -0.25) is 4.79 Å². The summed E-state index contributed by atoms with van der Waals surface area (Å²) in [5.41, 5.74) is 0.469. The van der Waals surface area contributed by atoms with Crippen molar-refractivity contribution in [1.29, 1.82) is 0 Å². The van der Waals surface area contributed by atoms with Gasteiger partial charge in [-0.15, -0.1) is 0 Å². The van der Waals surface area contributed by atoms with E-state index in [1.165, 1.54) is 0 Å². The number of aryl methyl sites for hydroxylation is 1. The minimum Gasteiger partial charge on any atom is -0.490 e. The number of benzene rings is 1. The third kappa shape index (κ3) is 3.40. The average Bonchev–Trinajstić information content (AvgIpc) is 2.68. The lowest BCUT2D eigenvalue weighted by atomic mass is 9.89. The highest BCUT2D eigenvalue weighted by Crippen LogP contribution is 2.36. The van der Waals surface area contributed by atoms with Crippen LogP contribution < -0.4 is 19.9 Å². The van der Waals surface area contributed by atoms with Crippen molar-refractivity contribution < 1.29 is 26.8 Å². The van der Waals surface area contributed by atoms with Crippen LogP contribution in [0.4, 0.5) is 30.6 Å². The van der Waals surface area contributed by atoms with Crippen LogP contribution in [-0.2, 0) is 4.79 Å². The molecule has 7 nitrogen and oxygen atoms in total. The smallest absolute Gasteiger partial charge is 0.249 e. The van der Waals surface area contributed by atoms with Crippen LogP contribution in [0.25, 0.3) is 0 Å². The molecule has 30 heavy (non-hydrogen) atoms. The van der Waals surface area contributed by atoms with Gasteiger partial charge >= 0.3 is 0 Å². The number of ether oxygens (including phenoxy) is 1. The van der Waals surface area contributed by atoms with Crippen LogP contribution in [0.2, 0.25) is 0 Å². The highest BCUT2D eigenvalue weighted by Gasteiger charge is 2.36. The number of nitrogens with one attached hydrogen (secondary N) is 1. The molecular weight excluding hydrogens is 399 g/mol. The summed E-state index contributed by atoms with van der Waals surface area (Å²) < 4.78 is 68.6. The van der Waals surface area contributed by atoms with E-state index in [2.05, 4.69) is 15.3 Å². The number of hydrogen-bond donors (Lipinski definition) is 1. The molecule has 2 aliphatic rings. The maximum Gasteiger partial charge on any atom is 0.249 e. The van der Waals surface area contributed by atoms with E-state index in [-0.39, 0.29) is 29.5 Å². The number of carbonyl (C=O) groups excluding carboxylic acids is 1. The van der Waals surface area contributed by atoms with Gasteiger partial charge in [0.2, 0.25) is 11.9 Å². The Labute approximate surface area is 176 Å². The first kappa shape index (κ1) is 16.7.